The number of imide groups is 1. The van der Waals surface area contributed by atoms with Gasteiger partial charge in [0.2, 0.25) is 0 Å². The van der Waals surface area contributed by atoms with Crippen molar-refractivity contribution in [3.05, 3.63) is 46.0 Å². The van der Waals surface area contributed by atoms with Gasteiger partial charge in [0.15, 0.2) is 0 Å². The first-order valence-electron chi connectivity index (χ1n) is 7.64. The van der Waals surface area contributed by atoms with Gasteiger partial charge in [-0.2, -0.15) is 0 Å². The number of amides is 2. The van der Waals surface area contributed by atoms with E-state index in [-0.39, 0.29) is 11.3 Å². The quantitative estimate of drug-likeness (QED) is 0.421. The molecule has 0 N–H and O–H groups in total. The highest BCUT2D eigenvalue weighted by atomic mass is 79.9. The summed E-state index contributed by atoms with van der Waals surface area (Å²) in [6, 6.07) is 4.44. The SMILES string of the molecule is COC(=O)c1cc(/C=C/C(=O)N2CCC=C(Br)C2=O)ccc1OC(C)=O. The Balaban J connectivity index is 2.23. The first-order chi connectivity index (χ1) is 12.3. The number of ether oxygens (including phenoxy) is 2. The van der Waals surface area contributed by atoms with Gasteiger partial charge in [0.1, 0.15) is 11.3 Å². The summed E-state index contributed by atoms with van der Waals surface area (Å²) in [6.07, 6.45) is 5.00. The number of carbonyl (C=O) groups excluding carboxylic acids is 4. The van der Waals surface area contributed by atoms with E-state index < -0.39 is 23.8 Å². The second-order valence-corrected chi connectivity index (χ2v) is 6.16. The molecule has 0 radical (unpaired) electrons. The van der Waals surface area contributed by atoms with E-state index in [1.807, 2.05) is 0 Å². The summed E-state index contributed by atoms with van der Waals surface area (Å²) < 4.78 is 10.0. The van der Waals surface area contributed by atoms with Crippen LogP contribution in [-0.4, -0.2) is 42.3 Å². The first-order valence-corrected chi connectivity index (χ1v) is 8.43. The molecule has 136 valence electrons. The number of rotatable bonds is 4. The second kappa shape index (κ2) is 8.57. The number of nitrogens with zero attached hydrogens (tertiary/aromatic N) is 1. The molecule has 26 heavy (non-hydrogen) atoms. The van der Waals surface area contributed by atoms with E-state index in [4.69, 9.17) is 4.74 Å². The molecule has 1 aliphatic heterocycles. The third-order valence-corrected chi connectivity index (χ3v) is 4.14. The van der Waals surface area contributed by atoms with Gasteiger partial charge in [-0.1, -0.05) is 12.1 Å². The monoisotopic (exact) mass is 421 g/mol. The van der Waals surface area contributed by atoms with Crippen molar-refractivity contribution in [1.29, 1.82) is 0 Å². The Labute approximate surface area is 158 Å². The van der Waals surface area contributed by atoms with Gasteiger partial charge in [0, 0.05) is 19.5 Å². The van der Waals surface area contributed by atoms with Gasteiger partial charge in [-0.15, -0.1) is 0 Å². The van der Waals surface area contributed by atoms with Crippen molar-refractivity contribution in [2.45, 2.75) is 13.3 Å². The van der Waals surface area contributed by atoms with Gasteiger partial charge in [0.05, 0.1) is 11.6 Å². The molecule has 0 aliphatic carbocycles. The largest absolute Gasteiger partial charge is 0.465 e. The number of halogens is 1. The predicted molar refractivity (Wildman–Crippen MR) is 96.5 cm³/mol. The zero-order valence-corrected chi connectivity index (χ0v) is 15.7. The van der Waals surface area contributed by atoms with E-state index in [1.165, 1.54) is 38.3 Å². The summed E-state index contributed by atoms with van der Waals surface area (Å²) in [4.78, 5) is 48.3. The maximum Gasteiger partial charge on any atom is 0.341 e. The average Bonchev–Trinajstić information content (AvgIpc) is 2.61. The van der Waals surface area contributed by atoms with E-state index in [0.29, 0.717) is 23.0 Å². The molecule has 1 aliphatic rings. The van der Waals surface area contributed by atoms with Crippen LogP contribution in [0.3, 0.4) is 0 Å². The van der Waals surface area contributed by atoms with Crippen LogP contribution in [0.2, 0.25) is 0 Å². The van der Waals surface area contributed by atoms with E-state index in [1.54, 1.807) is 12.1 Å². The van der Waals surface area contributed by atoms with Gasteiger partial charge in [0.25, 0.3) is 11.8 Å². The zero-order valence-electron chi connectivity index (χ0n) is 14.2. The smallest absolute Gasteiger partial charge is 0.341 e. The maximum atomic E-state index is 12.2. The highest BCUT2D eigenvalue weighted by Gasteiger charge is 2.24. The van der Waals surface area contributed by atoms with Crippen molar-refractivity contribution < 1.29 is 28.7 Å². The average molecular weight is 422 g/mol. The molecule has 0 unspecified atom stereocenters. The number of hydrogen-bond acceptors (Lipinski definition) is 6. The van der Waals surface area contributed by atoms with Crippen LogP contribution in [0.1, 0.15) is 29.3 Å². The first kappa shape index (κ1) is 19.6. The molecule has 0 atom stereocenters. The molecule has 7 nitrogen and oxygen atoms in total. The lowest BCUT2D eigenvalue weighted by Crippen LogP contribution is -2.38. The second-order valence-electron chi connectivity index (χ2n) is 5.31. The highest BCUT2D eigenvalue weighted by Crippen LogP contribution is 2.23. The minimum absolute atomic E-state index is 0.0528. The molecule has 0 saturated heterocycles. The Hall–Kier alpha value is -2.74. The fourth-order valence-electron chi connectivity index (χ4n) is 2.27. The molecule has 0 spiro atoms. The normalized spacial score (nSPS) is 14.2. The molecule has 1 aromatic carbocycles. The van der Waals surface area contributed by atoms with Crippen molar-refractivity contribution in [2.24, 2.45) is 0 Å². The molecular weight excluding hydrogens is 406 g/mol. The number of carbonyl (C=O) groups is 4. The lowest BCUT2D eigenvalue weighted by molar-refractivity contribution is -0.139. The third kappa shape index (κ3) is 4.66. The summed E-state index contributed by atoms with van der Waals surface area (Å²) in [6.45, 7) is 1.52. The molecule has 0 bridgehead atoms. The van der Waals surface area contributed by atoms with Gasteiger partial charge < -0.3 is 9.47 Å². The van der Waals surface area contributed by atoms with Crippen molar-refractivity contribution in [3.8, 4) is 5.75 Å². The van der Waals surface area contributed by atoms with Gasteiger partial charge >= 0.3 is 11.9 Å². The molecule has 8 heteroatoms. The van der Waals surface area contributed by atoms with Crippen LogP contribution in [0, 0.1) is 0 Å². The summed E-state index contributed by atoms with van der Waals surface area (Å²) in [5.74, 6) is -2.05. The molecule has 2 amide bonds. The van der Waals surface area contributed by atoms with Crippen molar-refractivity contribution >= 4 is 45.8 Å². The van der Waals surface area contributed by atoms with E-state index in [2.05, 4.69) is 20.7 Å². The van der Waals surface area contributed by atoms with E-state index >= 15 is 0 Å². The summed E-state index contributed by atoms with van der Waals surface area (Å²) >= 11 is 3.12. The summed E-state index contributed by atoms with van der Waals surface area (Å²) in [5.41, 5.74) is 0.561. The summed E-state index contributed by atoms with van der Waals surface area (Å²) in [7, 11) is 1.21. The van der Waals surface area contributed by atoms with Crippen molar-refractivity contribution in [1.82, 2.24) is 4.90 Å². The van der Waals surface area contributed by atoms with Crippen molar-refractivity contribution in [3.63, 3.8) is 0 Å². The van der Waals surface area contributed by atoms with Crippen LogP contribution in [0.4, 0.5) is 0 Å². The minimum atomic E-state index is -0.678. The fraction of sp³-hybridized carbons (Fsp3) is 0.222. The number of esters is 2. The predicted octanol–water partition coefficient (Wildman–Crippen LogP) is 2.45. The minimum Gasteiger partial charge on any atom is -0.465 e. The molecule has 1 heterocycles. The van der Waals surface area contributed by atoms with Crippen LogP contribution in [0.25, 0.3) is 6.08 Å². The van der Waals surface area contributed by atoms with Crippen LogP contribution in [0.15, 0.2) is 34.8 Å². The molecule has 2 rings (SSSR count). The fourth-order valence-corrected chi connectivity index (χ4v) is 2.71. The van der Waals surface area contributed by atoms with Gasteiger partial charge in [-0.3, -0.25) is 19.3 Å². The van der Waals surface area contributed by atoms with Gasteiger partial charge in [-0.25, -0.2) is 4.79 Å². The highest BCUT2D eigenvalue weighted by molar-refractivity contribution is 9.12. The lowest BCUT2D eigenvalue weighted by Gasteiger charge is -2.21. The Kier molecular flexibility index (Phi) is 6.46. The Morgan fingerprint density at radius 2 is 2.00 bits per heavy atom. The van der Waals surface area contributed by atoms with Crippen LogP contribution in [0.5, 0.6) is 5.75 Å². The molecule has 0 saturated carbocycles. The number of methoxy groups -OCH3 is 1. The Bertz CT molecular complexity index is 827. The lowest BCUT2D eigenvalue weighted by atomic mass is 10.1. The topological polar surface area (TPSA) is 90.0 Å². The number of benzene rings is 1. The molecular formula is C18H16BrNO6. The Morgan fingerprint density at radius 1 is 1.27 bits per heavy atom. The standard InChI is InChI=1S/C18H16BrNO6/c1-11(21)26-15-7-5-12(10-13(15)18(24)25-2)6-8-16(22)20-9-3-4-14(19)17(20)23/h4-8,10H,3,9H2,1-2H3/b8-6+. The van der Waals surface area contributed by atoms with E-state index in [9.17, 15) is 19.2 Å². The summed E-state index contributed by atoms with van der Waals surface area (Å²) in [5, 5.41) is 0. The van der Waals surface area contributed by atoms with E-state index in [0.717, 1.165) is 4.90 Å². The maximum absolute atomic E-state index is 12.2. The van der Waals surface area contributed by atoms with Gasteiger partial charge in [-0.05, 0) is 46.1 Å². The van der Waals surface area contributed by atoms with Crippen LogP contribution < -0.4 is 4.74 Å². The molecule has 1 aromatic rings. The van der Waals surface area contributed by atoms with Crippen LogP contribution >= 0.6 is 15.9 Å². The molecule has 0 fully saturated rings. The molecule has 0 aromatic heterocycles. The Morgan fingerprint density at radius 3 is 2.65 bits per heavy atom. The zero-order chi connectivity index (χ0) is 19.3. The third-order valence-electron chi connectivity index (χ3n) is 3.47. The van der Waals surface area contributed by atoms with Crippen LogP contribution in [-0.2, 0) is 19.1 Å². The number of hydrogen-bond donors (Lipinski definition) is 0. The van der Waals surface area contributed by atoms with Crippen molar-refractivity contribution in [2.75, 3.05) is 13.7 Å².